The molecule has 2 aliphatic rings. The summed E-state index contributed by atoms with van der Waals surface area (Å²) in [7, 11) is 2.81. The van der Waals surface area contributed by atoms with Crippen LogP contribution in [0.2, 0.25) is 0 Å². The minimum atomic E-state index is -1.73. The van der Waals surface area contributed by atoms with E-state index in [9.17, 15) is 19.5 Å². The lowest BCUT2D eigenvalue weighted by atomic mass is 9.85. The van der Waals surface area contributed by atoms with Crippen molar-refractivity contribution in [2.24, 2.45) is 12.8 Å². The van der Waals surface area contributed by atoms with Gasteiger partial charge < -0.3 is 15.6 Å². The second-order valence-electron chi connectivity index (χ2n) is 5.84. The fraction of sp³-hybridized carbons (Fsp3) is 0.538. The quantitative estimate of drug-likeness (QED) is 0.288. The Kier molecular flexibility index (Phi) is 5.14. The smallest absolute Gasteiger partial charge is 0.352 e. The molecule has 3 N–H and O–H groups in total. The minimum Gasteiger partial charge on any atom is -0.477 e. The molecule has 11 nitrogen and oxygen atoms in total. The number of primary amides is 1. The molecule has 1 aromatic rings. The van der Waals surface area contributed by atoms with Crippen molar-refractivity contribution in [3.05, 3.63) is 17.1 Å². The molecule has 2 amide bonds. The van der Waals surface area contributed by atoms with Crippen molar-refractivity contribution in [1.82, 2.24) is 25.1 Å². The summed E-state index contributed by atoms with van der Waals surface area (Å²) in [6.45, 7) is 0. The van der Waals surface area contributed by atoms with Crippen molar-refractivity contribution in [1.29, 1.82) is 0 Å². The third kappa shape index (κ3) is 2.71. The number of hydrogen-bond acceptors (Lipinski definition) is 9. The summed E-state index contributed by atoms with van der Waals surface area (Å²) < 4.78 is 6.64. The molecule has 27 heavy (non-hydrogen) atoms. The Bertz CT molecular complexity index is 862. The van der Waals surface area contributed by atoms with E-state index in [1.165, 1.54) is 23.6 Å². The van der Waals surface area contributed by atoms with Crippen molar-refractivity contribution in [2.75, 3.05) is 12.9 Å². The van der Waals surface area contributed by atoms with Crippen LogP contribution >= 0.6 is 36.0 Å². The topological polar surface area (TPSA) is 154 Å². The number of tetrazole rings is 1. The van der Waals surface area contributed by atoms with Gasteiger partial charge in [0.1, 0.15) is 11.1 Å². The number of aliphatic carboxylic acids is 1. The van der Waals surface area contributed by atoms with Gasteiger partial charge in [-0.25, -0.2) is 9.48 Å². The minimum absolute atomic E-state index is 0.185. The van der Waals surface area contributed by atoms with E-state index in [4.69, 9.17) is 22.1 Å². The summed E-state index contributed by atoms with van der Waals surface area (Å²) in [6.07, 6.45) is 0. The molecule has 0 aliphatic carbocycles. The zero-order valence-corrected chi connectivity index (χ0v) is 16.5. The maximum atomic E-state index is 12.9. The van der Waals surface area contributed by atoms with Crippen LogP contribution in [-0.2, 0) is 26.2 Å². The lowest BCUT2D eigenvalue weighted by Gasteiger charge is -2.57. The number of halogens is 1. The van der Waals surface area contributed by atoms with Crippen LogP contribution in [0.25, 0.3) is 0 Å². The summed E-state index contributed by atoms with van der Waals surface area (Å²) in [5.74, 6) is -2.51. The van der Waals surface area contributed by atoms with Gasteiger partial charge in [0.25, 0.3) is 5.91 Å². The summed E-state index contributed by atoms with van der Waals surface area (Å²) in [5, 5.41) is 17.8. The number of carbonyl (C=O) groups is 3. The number of β-lactam (4-membered cyclic amide) rings is 1. The number of aryl methyl sites for hydroxylation is 1. The van der Waals surface area contributed by atoms with Gasteiger partial charge in [-0.05, 0) is 16.0 Å². The SMILES string of the molecule is CO[C@]1(C(Cl)C(N)=O)C(=O)N2C(C(=O)O)=C(C(S)c3nnnn3C)CSC21. The molecule has 0 aromatic carbocycles. The number of fused-ring (bicyclic) bond motifs is 1. The number of hydrogen-bond donors (Lipinski definition) is 3. The molecule has 0 bridgehead atoms. The summed E-state index contributed by atoms with van der Waals surface area (Å²) in [4.78, 5) is 37.4. The van der Waals surface area contributed by atoms with Gasteiger partial charge in [-0.3, -0.25) is 14.5 Å². The number of rotatable bonds is 6. The molecular formula is C13H15ClN6O5S2. The van der Waals surface area contributed by atoms with E-state index in [0.29, 0.717) is 11.4 Å². The Balaban J connectivity index is 2.05. The largest absolute Gasteiger partial charge is 0.477 e. The molecule has 3 unspecified atom stereocenters. The molecule has 14 heteroatoms. The zero-order chi connectivity index (χ0) is 20.1. The Labute approximate surface area is 167 Å². The second kappa shape index (κ2) is 6.96. The monoisotopic (exact) mass is 434 g/mol. The summed E-state index contributed by atoms with van der Waals surface area (Å²) in [6, 6.07) is 0. The summed E-state index contributed by atoms with van der Waals surface area (Å²) in [5.41, 5.74) is 3.60. The number of nitrogens with two attached hydrogens (primary N) is 1. The highest BCUT2D eigenvalue weighted by Crippen LogP contribution is 2.52. The first-order chi connectivity index (χ1) is 12.7. The van der Waals surface area contributed by atoms with E-state index in [2.05, 4.69) is 28.2 Å². The van der Waals surface area contributed by atoms with Crippen LogP contribution in [0.15, 0.2) is 11.3 Å². The third-order valence-corrected chi connectivity index (χ3v) is 6.93. The van der Waals surface area contributed by atoms with Crippen molar-refractivity contribution >= 4 is 53.8 Å². The molecule has 3 heterocycles. The van der Waals surface area contributed by atoms with Crippen molar-refractivity contribution in [3.63, 3.8) is 0 Å². The highest BCUT2D eigenvalue weighted by Gasteiger charge is 2.70. The number of carboxylic acid groups (broad SMARTS) is 1. The van der Waals surface area contributed by atoms with Gasteiger partial charge >= 0.3 is 5.97 Å². The van der Waals surface area contributed by atoms with E-state index in [0.717, 1.165) is 4.90 Å². The molecule has 1 aromatic heterocycles. The number of methoxy groups -OCH3 is 1. The molecule has 0 saturated carbocycles. The second-order valence-corrected chi connectivity index (χ2v) is 7.86. The predicted molar refractivity (Wildman–Crippen MR) is 96.9 cm³/mol. The molecule has 0 spiro atoms. The first-order valence-corrected chi connectivity index (χ1v) is 9.49. The number of thiol groups is 1. The number of alkyl halides is 1. The van der Waals surface area contributed by atoms with Crippen molar-refractivity contribution < 1.29 is 24.2 Å². The number of carbonyl (C=O) groups excluding carboxylic acids is 2. The maximum absolute atomic E-state index is 12.9. The van der Waals surface area contributed by atoms with Gasteiger partial charge in [-0.15, -0.1) is 28.5 Å². The van der Waals surface area contributed by atoms with Crippen LogP contribution in [0.5, 0.6) is 0 Å². The van der Waals surface area contributed by atoms with Gasteiger partial charge in [-0.2, -0.15) is 12.6 Å². The van der Waals surface area contributed by atoms with Gasteiger partial charge in [0.2, 0.25) is 11.5 Å². The van der Waals surface area contributed by atoms with E-state index < -0.39 is 39.4 Å². The number of nitrogens with zero attached hydrogens (tertiary/aromatic N) is 5. The van der Waals surface area contributed by atoms with Crippen molar-refractivity contribution in [3.8, 4) is 0 Å². The molecule has 146 valence electrons. The Morgan fingerprint density at radius 1 is 1.56 bits per heavy atom. The van der Waals surface area contributed by atoms with Crippen LogP contribution in [0.1, 0.15) is 11.1 Å². The molecule has 3 rings (SSSR count). The predicted octanol–water partition coefficient (Wildman–Crippen LogP) is -1.09. The van der Waals surface area contributed by atoms with Crippen LogP contribution in [0.4, 0.5) is 0 Å². The molecule has 2 aliphatic heterocycles. The standard InChI is InChI=1S/C13H15ClN6O5S2/c1-19-9(16-17-18-19)6(26)4-3-27-12-13(25-2,7(14)8(15)21)11(24)20(12)5(4)10(22)23/h6-7,12,26H,3H2,1-2H3,(H2,15,21)(H,22,23)/t6?,7?,12?,13-/m1/s1. The molecule has 1 saturated heterocycles. The fourth-order valence-corrected chi connectivity index (χ4v) is 5.65. The van der Waals surface area contributed by atoms with E-state index >= 15 is 0 Å². The van der Waals surface area contributed by atoms with Gasteiger partial charge in [0.15, 0.2) is 11.2 Å². The first kappa shape index (κ1) is 19.9. The lowest BCUT2D eigenvalue weighted by molar-refractivity contribution is -0.185. The average Bonchev–Trinajstić information content (AvgIpc) is 3.06. The Hall–Kier alpha value is -1.83. The van der Waals surface area contributed by atoms with E-state index in [1.54, 1.807) is 7.05 Å². The van der Waals surface area contributed by atoms with Gasteiger partial charge in [-0.1, -0.05) is 0 Å². The Morgan fingerprint density at radius 3 is 2.70 bits per heavy atom. The first-order valence-electron chi connectivity index (χ1n) is 7.48. The maximum Gasteiger partial charge on any atom is 0.352 e. The molecule has 0 radical (unpaired) electrons. The van der Waals surface area contributed by atoms with Crippen LogP contribution in [0.3, 0.4) is 0 Å². The number of amides is 2. The number of thioether (sulfide) groups is 1. The fourth-order valence-electron chi connectivity index (χ4n) is 3.14. The zero-order valence-electron chi connectivity index (χ0n) is 14.1. The molecular weight excluding hydrogens is 420 g/mol. The Morgan fingerprint density at radius 2 is 2.22 bits per heavy atom. The number of carboxylic acids is 1. The molecule has 1 fully saturated rings. The highest BCUT2D eigenvalue weighted by molar-refractivity contribution is 8.00. The van der Waals surface area contributed by atoms with Crippen LogP contribution < -0.4 is 5.73 Å². The van der Waals surface area contributed by atoms with Crippen LogP contribution in [0, 0.1) is 0 Å². The lowest BCUT2D eigenvalue weighted by Crippen LogP contribution is -2.79. The van der Waals surface area contributed by atoms with E-state index in [-0.39, 0.29) is 11.4 Å². The van der Waals surface area contributed by atoms with Crippen molar-refractivity contribution in [2.45, 2.75) is 21.6 Å². The summed E-state index contributed by atoms with van der Waals surface area (Å²) >= 11 is 11.7. The number of ether oxygens (including phenoxy) is 1. The van der Waals surface area contributed by atoms with Gasteiger partial charge in [0, 0.05) is 19.9 Å². The third-order valence-electron chi connectivity index (χ3n) is 4.49. The van der Waals surface area contributed by atoms with E-state index in [1.807, 2.05) is 0 Å². The normalized spacial score (nSPS) is 27.0. The highest BCUT2D eigenvalue weighted by atomic mass is 35.5. The number of aromatic nitrogens is 4. The van der Waals surface area contributed by atoms with Gasteiger partial charge in [0.05, 0.1) is 5.25 Å². The molecule has 4 atom stereocenters. The average molecular weight is 435 g/mol. The van der Waals surface area contributed by atoms with Crippen LogP contribution in [-0.4, -0.2) is 77.2 Å².